The third-order valence-corrected chi connectivity index (χ3v) is 5.55. The SMILES string of the molecule is CCOc1ccc(-c2nsc(NC(=O)[C@@H]3CC3C)c2Br)cc1. The molecule has 1 N–H and O–H groups in total. The van der Waals surface area contributed by atoms with E-state index in [2.05, 4.69) is 32.5 Å². The number of hydrogen-bond donors (Lipinski definition) is 1. The summed E-state index contributed by atoms with van der Waals surface area (Å²) in [5.41, 5.74) is 1.83. The van der Waals surface area contributed by atoms with E-state index in [0.29, 0.717) is 12.5 Å². The fourth-order valence-electron chi connectivity index (χ4n) is 2.30. The van der Waals surface area contributed by atoms with Crippen molar-refractivity contribution in [3.63, 3.8) is 0 Å². The number of carbonyl (C=O) groups is 1. The van der Waals surface area contributed by atoms with E-state index >= 15 is 0 Å². The first-order chi connectivity index (χ1) is 10.6. The van der Waals surface area contributed by atoms with Gasteiger partial charge in [0.15, 0.2) is 0 Å². The standard InChI is InChI=1S/C16H17BrN2O2S/c1-3-21-11-6-4-10(5-7-11)14-13(17)16(22-19-14)18-15(20)12-8-9(12)2/h4-7,9,12H,3,8H2,1-2H3,(H,18,20)/t9?,12-/m1/s1. The van der Waals surface area contributed by atoms with E-state index < -0.39 is 0 Å². The van der Waals surface area contributed by atoms with Crippen molar-refractivity contribution in [2.24, 2.45) is 11.8 Å². The molecule has 1 aliphatic carbocycles. The van der Waals surface area contributed by atoms with Crippen molar-refractivity contribution in [3.8, 4) is 17.0 Å². The summed E-state index contributed by atoms with van der Waals surface area (Å²) in [6.45, 7) is 4.70. The lowest BCUT2D eigenvalue weighted by Gasteiger charge is -2.04. The molecule has 1 fully saturated rings. The topological polar surface area (TPSA) is 51.2 Å². The molecule has 0 aliphatic heterocycles. The van der Waals surface area contributed by atoms with Gasteiger partial charge in [0.1, 0.15) is 16.4 Å². The zero-order chi connectivity index (χ0) is 15.7. The summed E-state index contributed by atoms with van der Waals surface area (Å²) >= 11 is 4.85. The number of aromatic nitrogens is 1. The van der Waals surface area contributed by atoms with Crippen molar-refractivity contribution in [1.29, 1.82) is 0 Å². The number of benzene rings is 1. The van der Waals surface area contributed by atoms with Gasteiger partial charge in [0.2, 0.25) is 5.91 Å². The molecule has 0 saturated heterocycles. The fraction of sp³-hybridized carbons (Fsp3) is 0.375. The Kier molecular flexibility index (Phi) is 4.49. The van der Waals surface area contributed by atoms with Crippen LogP contribution in [0.15, 0.2) is 28.7 Å². The summed E-state index contributed by atoms with van der Waals surface area (Å²) in [6, 6.07) is 7.79. The molecular formula is C16H17BrN2O2S. The molecule has 116 valence electrons. The second-order valence-electron chi connectivity index (χ2n) is 5.44. The maximum atomic E-state index is 12.0. The molecule has 0 bridgehead atoms. The highest BCUT2D eigenvalue weighted by Crippen LogP contribution is 2.41. The van der Waals surface area contributed by atoms with Gasteiger partial charge < -0.3 is 10.1 Å². The number of ether oxygens (including phenoxy) is 1. The molecule has 0 radical (unpaired) electrons. The molecule has 1 aliphatic rings. The van der Waals surface area contributed by atoms with E-state index in [1.54, 1.807) is 0 Å². The van der Waals surface area contributed by atoms with Gasteiger partial charge in [-0.15, -0.1) is 0 Å². The third kappa shape index (κ3) is 3.17. The van der Waals surface area contributed by atoms with Crippen LogP contribution in [-0.4, -0.2) is 16.9 Å². The molecule has 2 atom stereocenters. The number of anilines is 1. The van der Waals surface area contributed by atoms with Crippen LogP contribution in [0.25, 0.3) is 11.3 Å². The number of nitrogens with zero attached hydrogens (tertiary/aromatic N) is 1. The lowest BCUT2D eigenvalue weighted by atomic mass is 10.1. The second-order valence-corrected chi connectivity index (χ2v) is 7.01. The number of rotatable bonds is 5. The highest BCUT2D eigenvalue weighted by Gasteiger charge is 2.39. The van der Waals surface area contributed by atoms with E-state index in [1.165, 1.54) is 11.5 Å². The van der Waals surface area contributed by atoms with Crippen LogP contribution < -0.4 is 10.1 Å². The first-order valence-corrected chi connectivity index (χ1v) is 8.86. The Hall–Kier alpha value is -1.40. The Morgan fingerprint density at radius 1 is 1.45 bits per heavy atom. The predicted octanol–water partition coefficient (Wildman–Crippen LogP) is 4.57. The summed E-state index contributed by atoms with van der Waals surface area (Å²) in [6.07, 6.45) is 0.980. The number of halogens is 1. The third-order valence-electron chi connectivity index (χ3n) is 3.76. The first-order valence-electron chi connectivity index (χ1n) is 7.29. The van der Waals surface area contributed by atoms with E-state index in [1.807, 2.05) is 31.2 Å². The van der Waals surface area contributed by atoms with Crippen LogP contribution >= 0.6 is 27.5 Å². The molecule has 6 heteroatoms. The Morgan fingerprint density at radius 2 is 2.14 bits per heavy atom. The summed E-state index contributed by atoms with van der Waals surface area (Å²) in [4.78, 5) is 12.0. The molecule has 3 rings (SSSR count). The van der Waals surface area contributed by atoms with Crippen molar-refractivity contribution >= 4 is 38.4 Å². The van der Waals surface area contributed by atoms with Crippen molar-refractivity contribution < 1.29 is 9.53 Å². The largest absolute Gasteiger partial charge is 0.494 e. The molecule has 1 saturated carbocycles. The number of hydrogen-bond acceptors (Lipinski definition) is 4. The predicted molar refractivity (Wildman–Crippen MR) is 92.3 cm³/mol. The van der Waals surface area contributed by atoms with Crippen LogP contribution in [0.3, 0.4) is 0 Å². The first kappa shape index (κ1) is 15.5. The number of nitrogens with one attached hydrogen (secondary N) is 1. The highest BCUT2D eigenvalue weighted by atomic mass is 79.9. The van der Waals surface area contributed by atoms with E-state index in [-0.39, 0.29) is 11.8 Å². The van der Waals surface area contributed by atoms with Crippen LogP contribution in [0, 0.1) is 11.8 Å². The van der Waals surface area contributed by atoms with Gasteiger partial charge in [0, 0.05) is 11.5 Å². The maximum absolute atomic E-state index is 12.0. The highest BCUT2D eigenvalue weighted by molar-refractivity contribution is 9.10. The van der Waals surface area contributed by atoms with Gasteiger partial charge in [0.05, 0.1) is 11.1 Å². The van der Waals surface area contributed by atoms with Crippen LogP contribution in [0.2, 0.25) is 0 Å². The van der Waals surface area contributed by atoms with Crippen molar-refractivity contribution in [1.82, 2.24) is 4.37 Å². The molecule has 22 heavy (non-hydrogen) atoms. The van der Waals surface area contributed by atoms with Gasteiger partial charge in [-0.3, -0.25) is 4.79 Å². The van der Waals surface area contributed by atoms with E-state index in [0.717, 1.165) is 32.9 Å². The van der Waals surface area contributed by atoms with Crippen LogP contribution in [0.5, 0.6) is 5.75 Å². The zero-order valence-corrected chi connectivity index (χ0v) is 14.8. The number of carbonyl (C=O) groups excluding carboxylic acids is 1. The Morgan fingerprint density at radius 3 is 2.73 bits per heavy atom. The van der Waals surface area contributed by atoms with E-state index in [4.69, 9.17) is 4.74 Å². The molecular weight excluding hydrogens is 364 g/mol. The van der Waals surface area contributed by atoms with Crippen molar-refractivity contribution in [3.05, 3.63) is 28.7 Å². The average molecular weight is 381 g/mol. The Bertz CT molecular complexity index is 684. The molecule has 4 nitrogen and oxygen atoms in total. The van der Waals surface area contributed by atoms with Crippen molar-refractivity contribution in [2.75, 3.05) is 11.9 Å². The molecule has 1 heterocycles. The normalized spacial score (nSPS) is 19.8. The van der Waals surface area contributed by atoms with Crippen LogP contribution in [0.4, 0.5) is 5.00 Å². The lowest BCUT2D eigenvalue weighted by molar-refractivity contribution is -0.117. The summed E-state index contributed by atoms with van der Waals surface area (Å²) in [5, 5.41) is 3.74. The van der Waals surface area contributed by atoms with Crippen LogP contribution in [0.1, 0.15) is 20.3 Å². The Balaban J connectivity index is 1.76. The monoisotopic (exact) mass is 380 g/mol. The Labute approximate surface area is 142 Å². The quantitative estimate of drug-likeness (QED) is 0.826. The van der Waals surface area contributed by atoms with Gasteiger partial charge in [-0.1, -0.05) is 6.92 Å². The molecule has 1 amide bonds. The molecule has 2 aromatic rings. The van der Waals surface area contributed by atoms with Gasteiger partial charge >= 0.3 is 0 Å². The molecule has 1 aromatic carbocycles. The van der Waals surface area contributed by atoms with Gasteiger partial charge in [-0.05, 0) is 71.0 Å². The van der Waals surface area contributed by atoms with Gasteiger partial charge in [-0.25, -0.2) is 0 Å². The molecule has 1 aromatic heterocycles. The van der Waals surface area contributed by atoms with Gasteiger partial charge in [0.25, 0.3) is 0 Å². The molecule has 0 spiro atoms. The van der Waals surface area contributed by atoms with Crippen LogP contribution in [-0.2, 0) is 4.79 Å². The summed E-state index contributed by atoms with van der Waals surface area (Å²) < 4.78 is 10.7. The van der Waals surface area contributed by atoms with Gasteiger partial charge in [-0.2, -0.15) is 4.37 Å². The maximum Gasteiger partial charge on any atom is 0.228 e. The van der Waals surface area contributed by atoms with E-state index in [9.17, 15) is 4.79 Å². The van der Waals surface area contributed by atoms with Crippen molar-refractivity contribution in [2.45, 2.75) is 20.3 Å². The summed E-state index contributed by atoms with van der Waals surface area (Å²) in [7, 11) is 0. The number of amides is 1. The lowest BCUT2D eigenvalue weighted by Crippen LogP contribution is -2.13. The minimum atomic E-state index is 0.0927. The second kappa shape index (κ2) is 6.38. The zero-order valence-electron chi connectivity index (χ0n) is 12.4. The fourth-order valence-corrected chi connectivity index (χ4v) is 3.76. The molecule has 1 unspecified atom stereocenters. The smallest absolute Gasteiger partial charge is 0.228 e. The average Bonchev–Trinajstić information content (AvgIpc) is 3.14. The minimum Gasteiger partial charge on any atom is -0.494 e. The minimum absolute atomic E-state index is 0.0927. The summed E-state index contributed by atoms with van der Waals surface area (Å²) in [5.74, 6) is 1.59.